The van der Waals surface area contributed by atoms with Gasteiger partial charge in [-0.15, -0.1) is 11.3 Å². The van der Waals surface area contributed by atoms with Crippen LogP contribution in [0.25, 0.3) is 10.4 Å². The van der Waals surface area contributed by atoms with Crippen LogP contribution in [-0.4, -0.2) is 19.1 Å². The second kappa shape index (κ2) is 6.32. The van der Waals surface area contributed by atoms with E-state index in [9.17, 15) is 4.79 Å². The number of ether oxygens (including phenoxy) is 1. The van der Waals surface area contributed by atoms with Crippen LogP contribution in [0.15, 0.2) is 40.9 Å². The lowest BCUT2D eigenvalue weighted by molar-refractivity contribution is -0.142. The van der Waals surface area contributed by atoms with Gasteiger partial charge in [-0.1, -0.05) is 34.1 Å². The number of carbonyl (C=O) groups is 1. The van der Waals surface area contributed by atoms with Gasteiger partial charge in [0.25, 0.3) is 0 Å². The van der Waals surface area contributed by atoms with Crippen molar-refractivity contribution in [2.24, 2.45) is 5.73 Å². The molecule has 5 heteroatoms. The number of benzene rings is 1. The molecule has 0 amide bonds. The molecule has 0 saturated carbocycles. The van der Waals surface area contributed by atoms with Crippen LogP contribution in [0.1, 0.15) is 4.88 Å². The van der Waals surface area contributed by atoms with Gasteiger partial charge in [0, 0.05) is 26.2 Å². The van der Waals surface area contributed by atoms with Gasteiger partial charge >= 0.3 is 5.97 Å². The molecule has 1 aromatic carbocycles. The maximum absolute atomic E-state index is 11.3. The van der Waals surface area contributed by atoms with E-state index < -0.39 is 6.04 Å². The number of halogens is 1. The average molecular weight is 340 g/mol. The van der Waals surface area contributed by atoms with Crippen LogP contribution in [-0.2, 0) is 16.0 Å². The number of nitrogens with two attached hydrogens (primary N) is 1. The van der Waals surface area contributed by atoms with Crippen molar-refractivity contribution in [2.75, 3.05) is 7.11 Å². The van der Waals surface area contributed by atoms with E-state index in [1.54, 1.807) is 11.3 Å². The van der Waals surface area contributed by atoms with E-state index in [0.717, 1.165) is 19.8 Å². The first-order valence-corrected chi connectivity index (χ1v) is 7.40. The molecule has 2 rings (SSSR count). The van der Waals surface area contributed by atoms with Crippen molar-refractivity contribution in [3.05, 3.63) is 45.7 Å². The van der Waals surface area contributed by atoms with E-state index in [1.807, 2.05) is 30.3 Å². The fourth-order valence-corrected chi connectivity index (χ4v) is 3.48. The first kappa shape index (κ1) is 14.2. The summed E-state index contributed by atoms with van der Waals surface area (Å²) < 4.78 is 5.68. The van der Waals surface area contributed by atoms with Crippen molar-refractivity contribution < 1.29 is 9.53 Å². The molecule has 1 heterocycles. The maximum atomic E-state index is 11.3. The molecule has 0 radical (unpaired) electrons. The zero-order chi connectivity index (χ0) is 13.8. The highest BCUT2D eigenvalue weighted by atomic mass is 79.9. The number of carbonyl (C=O) groups excluding carboxylic acids is 1. The van der Waals surface area contributed by atoms with Crippen molar-refractivity contribution in [1.29, 1.82) is 0 Å². The summed E-state index contributed by atoms with van der Waals surface area (Å²) in [5.41, 5.74) is 6.90. The molecule has 0 fully saturated rings. The molecule has 0 bridgehead atoms. The number of rotatable bonds is 4. The Morgan fingerprint density at radius 3 is 2.79 bits per heavy atom. The summed E-state index contributed by atoms with van der Waals surface area (Å²) in [4.78, 5) is 13.5. The third-order valence-electron chi connectivity index (χ3n) is 2.73. The molecule has 0 aliphatic rings. The van der Waals surface area contributed by atoms with Gasteiger partial charge in [0.1, 0.15) is 6.04 Å². The standard InChI is InChI=1S/C14H14BrNO2S/c1-18-14(17)12(16)8-9-6-7-13(19-9)10-4-2-3-5-11(10)15/h2-7,12H,8,16H2,1H3. The van der Waals surface area contributed by atoms with Gasteiger partial charge in [-0.3, -0.25) is 4.79 Å². The number of hydrogen-bond acceptors (Lipinski definition) is 4. The molecule has 1 unspecified atom stereocenters. The predicted octanol–water partition coefficient (Wildman–Crippen LogP) is 3.22. The minimum Gasteiger partial charge on any atom is -0.468 e. The van der Waals surface area contributed by atoms with E-state index >= 15 is 0 Å². The van der Waals surface area contributed by atoms with Gasteiger partial charge < -0.3 is 10.5 Å². The minimum atomic E-state index is -0.601. The van der Waals surface area contributed by atoms with Crippen LogP contribution in [0, 0.1) is 0 Å². The van der Waals surface area contributed by atoms with Crippen molar-refractivity contribution in [2.45, 2.75) is 12.5 Å². The fourth-order valence-electron chi connectivity index (χ4n) is 1.74. The molecule has 2 N–H and O–H groups in total. The summed E-state index contributed by atoms with van der Waals surface area (Å²) in [5, 5.41) is 0. The van der Waals surface area contributed by atoms with E-state index in [2.05, 4.69) is 26.7 Å². The van der Waals surface area contributed by atoms with Gasteiger partial charge in [-0.25, -0.2) is 0 Å². The molecule has 1 aromatic heterocycles. The molecule has 1 atom stereocenters. The van der Waals surface area contributed by atoms with Crippen LogP contribution in [0.5, 0.6) is 0 Å². The lowest BCUT2D eigenvalue weighted by Gasteiger charge is -2.06. The van der Waals surface area contributed by atoms with Crippen molar-refractivity contribution in [1.82, 2.24) is 0 Å². The molecule has 0 saturated heterocycles. The van der Waals surface area contributed by atoms with Gasteiger partial charge in [0.15, 0.2) is 0 Å². The summed E-state index contributed by atoms with van der Waals surface area (Å²) in [6, 6.07) is 11.5. The molecule has 3 nitrogen and oxygen atoms in total. The Hall–Kier alpha value is -1.17. The summed E-state index contributed by atoms with van der Waals surface area (Å²) in [5.74, 6) is -0.379. The summed E-state index contributed by atoms with van der Waals surface area (Å²) in [6.45, 7) is 0. The molecule has 0 spiro atoms. The highest BCUT2D eigenvalue weighted by molar-refractivity contribution is 9.10. The molecular weight excluding hydrogens is 326 g/mol. The second-order valence-electron chi connectivity index (χ2n) is 4.08. The van der Waals surface area contributed by atoms with E-state index in [0.29, 0.717) is 6.42 Å². The third-order valence-corrected chi connectivity index (χ3v) is 4.56. The smallest absolute Gasteiger partial charge is 0.323 e. The molecule has 0 aliphatic carbocycles. The van der Waals surface area contributed by atoms with Crippen molar-refractivity contribution in [3.8, 4) is 10.4 Å². The lowest BCUT2D eigenvalue weighted by Crippen LogP contribution is -2.33. The average Bonchev–Trinajstić information content (AvgIpc) is 2.86. The summed E-state index contributed by atoms with van der Waals surface area (Å²) >= 11 is 5.17. The Morgan fingerprint density at radius 2 is 2.11 bits per heavy atom. The highest BCUT2D eigenvalue weighted by Gasteiger charge is 2.16. The topological polar surface area (TPSA) is 52.3 Å². The van der Waals surface area contributed by atoms with Gasteiger partial charge in [0.05, 0.1) is 7.11 Å². The molecule has 100 valence electrons. The predicted molar refractivity (Wildman–Crippen MR) is 81.2 cm³/mol. The van der Waals surface area contributed by atoms with E-state index in [-0.39, 0.29) is 5.97 Å². The Kier molecular flexibility index (Phi) is 4.74. The fraction of sp³-hybridized carbons (Fsp3) is 0.214. The summed E-state index contributed by atoms with van der Waals surface area (Å²) in [7, 11) is 1.35. The van der Waals surface area contributed by atoms with E-state index in [4.69, 9.17) is 5.73 Å². The molecular formula is C14H14BrNO2S. The van der Waals surface area contributed by atoms with Crippen molar-refractivity contribution >= 4 is 33.2 Å². The molecule has 2 aromatic rings. The van der Waals surface area contributed by atoms with Gasteiger partial charge in [0.2, 0.25) is 0 Å². The van der Waals surface area contributed by atoms with Gasteiger partial charge in [-0.2, -0.15) is 0 Å². The monoisotopic (exact) mass is 339 g/mol. The quantitative estimate of drug-likeness (QED) is 0.870. The molecule has 19 heavy (non-hydrogen) atoms. The number of thiophene rings is 1. The molecule has 0 aliphatic heterocycles. The van der Waals surface area contributed by atoms with Gasteiger partial charge in [-0.05, 0) is 18.2 Å². The lowest BCUT2D eigenvalue weighted by atomic mass is 10.2. The van der Waals surface area contributed by atoms with Crippen LogP contribution >= 0.6 is 27.3 Å². The van der Waals surface area contributed by atoms with Crippen molar-refractivity contribution in [3.63, 3.8) is 0 Å². The van der Waals surface area contributed by atoms with Crippen LogP contribution in [0.4, 0.5) is 0 Å². The third kappa shape index (κ3) is 3.43. The Balaban J connectivity index is 2.16. The number of hydrogen-bond donors (Lipinski definition) is 1. The Morgan fingerprint density at radius 1 is 1.37 bits per heavy atom. The Bertz CT molecular complexity index is 582. The van der Waals surface area contributed by atoms with Crippen LogP contribution in [0.3, 0.4) is 0 Å². The Labute approximate surface area is 124 Å². The summed E-state index contributed by atoms with van der Waals surface area (Å²) in [6.07, 6.45) is 0.502. The van der Waals surface area contributed by atoms with E-state index in [1.165, 1.54) is 7.11 Å². The highest BCUT2D eigenvalue weighted by Crippen LogP contribution is 2.33. The first-order valence-electron chi connectivity index (χ1n) is 5.79. The van der Waals surface area contributed by atoms with Crippen LogP contribution in [0.2, 0.25) is 0 Å². The maximum Gasteiger partial charge on any atom is 0.323 e. The number of esters is 1. The normalized spacial score (nSPS) is 12.2. The zero-order valence-electron chi connectivity index (χ0n) is 10.4. The van der Waals surface area contributed by atoms with Crippen LogP contribution < -0.4 is 5.73 Å². The SMILES string of the molecule is COC(=O)C(N)Cc1ccc(-c2ccccc2Br)s1. The number of methoxy groups -OCH3 is 1. The zero-order valence-corrected chi connectivity index (χ0v) is 12.8. The minimum absolute atomic E-state index is 0.379. The largest absolute Gasteiger partial charge is 0.468 e. The second-order valence-corrected chi connectivity index (χ2v) is 6.10. The first-order chi connectivity index (χ1) is 9.11.